The molecule has 100 valence electrons. The first-order chi connectivity index (χ1) is 8.72. The largest absolute Gasteiger partial charge is 0.314 e. The first-order valence-corrected chi connectivity index (χ1v) is 7.08. The Balaban J connectivity index is 1.96. The van der Waals surface area contributed by atoms with E-state index < -0.39 is 0 Å². The average molecular weight is 247 g/mol. The van der Waals surface area contributed by atoms with Crippen LogP contribution in [-0.4, -0.2) is 35.1 Å². The van der Waals surface area contributed by atoms with E-state index in [-0.39, 0.29) is 0 Å². The summed E-state index contributed by atoms with van der Waals surface area (Å²) in [7, 11) is 0. The number of likely N-dealkylation sites (tertiary alicyclic amines) is 1. The number of nitrogens with one attached hydrogen (secondary N) is 1. The second-order valence-electron chi connectivity index (χ2n) is 5.38. The second kappa shape index (κ2) is 6.30. The van der Waals surface area contributed by atoms with Crippen molar-refractivity contribution in [1.82, 2.24) is 15.2 Å². The normalized spacial score (nSPS) is 29.4. The SMILES string of the molecule is CCNC1CCN(Cc2ccncc2)C(C)C1C. The zero-order valence-corrected chi connectivity index (χ0v) is 11.8. The fraction of sp³-hybridized carbons (Fsp3) is 0.667. The molecule has 2 heterocycles. The van der Waals surface area contributed by atoms with E-state index in [4.69, 9.17) is 0 Å². The molecule has 0 radical (unpaired) electrons. The van der Waals surface area contributed by atoms with Crippen molar-refractivity contribution < 1.29 is 0 Å². The van der Waals surface area contributed by atoms with Gasteiger partial charge in [0, 0.05) is 37.6 Å². The van der Waals surface area contributed by atoms with Crippen molar-refractivity contribution in [3.8, 4) is 0 Å². The molecule has 2 rings (SSSR count). The maximum atomic E-state index is 4.08. The Bertz CT molecular complexity index is 352. The van der Waals surface area contributed by atoms with Crippen LogP contribution in [0.15, 0.2) is 24.5 Å². The summed E-state index contributed by atoms with van der Waals surface area (Å²) in [5.74, 6) is 0.709. The van der Waals surface area contributed by atoms with Gasteiger partial charge in [0.25, 0.3) is 0 Å². The highest BCUT2D eigenvalue weighted by Crippen LogP contribution is 2.25. The highest BCUT2D eigenvalue weighted by atomic mass is 15.2. The molecule has 1 aromatic heterocycles. The lowest BCUT2D eigenvalue weighted by molar-refractivity contribution is 0.0790. The molecule has 3 unspecified atom stereocenters. The molecule has 3 nitrogen and oxygen atoms in total. The summed E-state index contributed by atoms with van der Waals surface area (Å²) >= 11 is 0. The van der Waals surface area contributed by atoms with Gasteiger partial charge in [-0.25, -0.2) is 0 Å². The van der Waals surface area contributed by atoms with Crippen molar-refractivity contribution in [2.75, 3.05) is 13.1 Å². The van der Waals surface area contributed by atoms with Gasteiger partial charge in [-0.05, 0) is 43.5 Å². The maximum Gasteiger partial charge on any atom is 0.0271 e. The maximum absolute atomic E-state index is 4.08. The van der Waals surface area contributed by atoms with E-state index in [1.165, 1.54) is 18.5 Å². The topological polar surface area (TPSA) is 28.2 Å². The van der Waals surface area contributed by atoms with Crippen LogP contribution in [-0.2, 0) is 6.54 Å². The van der Waals surface area contributed by atoms with Gasteiger partial charge in [0.1, 0.15) is 0 Å². The quantitative estimate of drug-likeness (QED) is 0.885. The molecule has 1 fully saturated rings. The molecule has 0 bridgehead atoms. The predicted molar refractivity (Wildman–Crippen MR) is 75.4 cm³/mol. The monoisotopic (exact) mass is 247 g/mol. The van der Waals surface area contributed by atoms with Crippen LogP contribution in [0.5, 0.6) is 0 Å². The van der Waals surface area contributed by atoms with Crippen molar-refractivity contribution in [3.05, 3.63) is 30.1 Å². The van der Waals surface area contributed by atoms with E-state index in [9.17, 15) is 0 Å². The van der Waals surface area contributed by atoms with Crippen LogP contribution >= 0.6 is 0 Å². The van der Waals surface area contributed by atoms with Crippen LogP contribution in [0.2, 0.25) is 0 Å². The number of aromatic nitrogens is 1. The van der Waals surface area contributed by atoms with Crippen molar-refractivity contribution in [3.63, 3.8) is 0 Å². The molecular formula is C15H25N3. The van der Waals surface area contributed by atoms with Gasteiger partial charge in [-0.15, -0.1) is 0 Å². The van der Waals surface area contributed by atoms with Gasteiger partial charge in [-0.2, -0.15) is 0 Å². The van der Waals surface area contributed by atoms with Crippen molar-refractivity contribution in [2.45, 2.75) is 45.8 Å². The Morgan fingerprint density at radius 1 is 1.33 bits per heavy atom. The minimum absolute atomic E-state index is 0.635. The van der Waals surface area contributed by atoms with E-state index in [0.717, 1.165) is 13.1 Å². The number of hydrogen-bond acceptors (Lipinski definition) is 3. The predicted octanol–water partition coefficient (Wildman–Crippen LogP) is 2.29. The average Bonchev–Trinajstić information content (AvgIpc) is 2.40. The minimum atomic E-state index is 0.635. The molecule has 0 saturated carbocycles. The second-order valence-corrected chi connectivity index (χ2v) is 5.38. The van der Waals surface area contributed by atoms with E-state index in [0.29, 0.717) is 18.0 Å². The van der Waals surface area contributed by atoms with Crippen LogP contribution in [0.1, 0.15) is 32.8 Å². The standard InChI is InChI=1S/C15H25N3/c1-4-17-15-7-10-18(13(3)12(15)2)11-14-5-8-16-9-6-14/h5-6,8-9,12-13,15,17H,4,7,10-11H2,1-3H3. The summed E-state index contributed by atoms with van der Waals surface area (Å²) in [6.07, 6.45) is 5.02. The lowest BCUT2D eigenvalue weighted by Gasteiger charge is -2.43. The number of hydrogen-bond donors (Lipinski definition) is 1. The van der Waals surface area contributed by atoms with Gasteiger partial charge in [0.05, 0.1) is 0 Å². The fourth-order valence-electron chi connectivity index (χ4n) is 2.94. The zero-order chi connectivity index (χ0) is 13.0. The number of pyridine rings is 1. The highest BCUT2D eigenvalue weighted by Gasteiger charge is 2.31. The van der Waals surface area contributed by atoms with Gasteiger partial charge in [0.15, 0.2) is 0 Å². The minimum Gasteiger partial charge on any atom is -0.314 e. The Morgan fingerprint density at radius 2 is 2.06 bits per heavy atom. The molecule has 1 aliphatic heterocycles. The van der Waals surface area contributed by atoms with Gasteiger partial charge in [-0.3, -0.25) is 9.88 Å². The van der Waals surface area contributed by atoms with Gasteiger partial charge < -0.3 is 5.32 Å². The van der Waals surface area contributed by atoms with Crippen LogP contribution in [0, 0.1) is 5.92 Å². The zero-order valence-electron chi connectivity index (χ0n) is 11.8. The summed E-state index contributed by atoms with van der Waals surface area (Å²) in [5, 5.41) is 3.61. The van der Waals surface area contributed by atoms with Crippen LogP contribution in [0.3, 0.4) is 0 Å². The summed E-state index contributed by atoms with van der Waals surface area (Å²) in [4.78, 5) is 6.67. The third kappa shape index (κ3) is 3.09. The lowest BCUT2D eigenvalue weighted by atomic mass is 9.86. The van der Waals surface area contributed by atoms with E-state index in [1.807, 2.05) is 12.4 Å². The van der Waals surface area contributed by atoms with Crippen molar-refractivity contribution >= 4 is 0 Å². The first-order valence-electron chi connectivity index (χ1n) is 7.08. The summed E-state index contributed by atoms with van der Waals surface area (Å²) < 4.78 is 0. The smallest absolute Gasteiger partial charge is 0.0271 e. The Hall–Kier alpha value is -0.930. The number of piperidine rings is 1. The Morgan fingerprint density at radius 3 is 2.72 bits per heavy atom. The molecule has 3 heteroatoms. The molecule has 1 aromatic rings. The molecule has 18 heavy (non-hydrogen) atoms. The van der Waals surface area contributed by atoms with E-state index in [2.05, 4.69) is 48.1 Å². The Kier molecular flexibility index (Phi) is 4.72. The first kappa shape index (κ1) is 13.5. The number of nitrogens with zero attached hydrogens (tertiary/aromatic N) is 2. The summed E-state index contributed by atoms with van der Waals surface area (Å²) in [5.41, 5.74) is 1.37. The molecule has 3 atom stereocenters. The van der Waals surface area contributed by atoms with Gasteiger partial charge in [-0.1, -0.05) is 13.8 Å². The Labute approximate surface area is 111 Å². The van der Waals surface area contributed by atoms with Crippen molar-refractivity contribution in [2.24, 2.45) is 5.92 Å². The van der Waals surface area contributed by atoms with Crippen molar-refractivity contribution in [1.29, 1.82) is 0 Å². The fourth-order valence-corrected chi connectivity index (χ4v) is 2.94. The molecule has 0 aliphatic carbocycles. The number of rotatable bonds is 4. The molecule has 0 spiro atoms. The molecule has 1 N–H and O–H groups in total. The van der Waals surface area contributed by atoms with E-state index in [1.54, 1.807) is 0 Å². The van der Waals surface area contributed by atoms with E-state index >= 15 is 0 Å². The van der Waals surface area contributed by atoms with Crippen LogP contribution in [0.4, 0.5) is 0 Å². The van der Waals surface area contributed by atoms with Gasteiger partial charge in [0.2, 0.25) is 0 Å². The summed E-state index contributed by atoms with van der Waals surface area (Å²) in [6.45, 7) is 10.2. The lowest BCUT2D eigenvalue weighted by Crippen LogP contribution is -2.52. The molecule has 0 aromatic carbocycles. The van der Waals surface area contributed by atoms with Crippen LogP contribution in [0.25, 0.3) is 0 Å². The van der Waals surface area contributed by atoms with Gasteiger partial charge >= 0.3 is 0 Å². The molecular weight excluding hydrogens is 222 g/mol. The molecule has 1 saturated heterocycles. The highest BCUT2D eigenvalue weighted by molar-refractivity contribution is 5.10. The van der Waals surface area contributed by atoms with Crippen LogP contribution < -0.4 is 5.32 Å². The third-order valence-corrected chi connectivity index (χ3v) is 4.30. The third-order valence-electron chi connectivity index (χ3n) is 4.30. The molecule has 1 aliphatic rings. The summed E-state index contributed by atoms with van der Waals surface area (Å²) in [6, 6.07) is 5.55. The molecule has 0 amide bonds.